The topological polar surface area (TPSA) is 20.2 Å². The van der Waals surface area contributed by atoms with Gasteiger partial charge in [-0.1, -0.05) is 18.2 Å². The average Bonchev–Trinajstić information content (AvgIpc) is 2.03. The third-order valence-corrected chi connectivity index (χ3v) is 2.92. The maximum atomic E-state index is 9.89. The molecule has 74 valence electrons. The van der Waals surface area contributed by atoms with Crippen LogP contribution in [0.15, 0.2) is 23.8 Å². The van der Waals surface area contributed by atoms with Crippen molar-refractivity contribution in [3.05, 3.63) is 23.8 Å². The first-order valence-electron chi connectivity index (χ1n) is 4.98. The summed E-state index contributed by atoms with van der Waals surface area (Å²) in [4.78, 5) is 0. The molecule has 0 radical (unpaired) electrons. The van der Waals surface area contributed by atoms with E-state index in [1.807, 2.05) is 20.8 Å². The van der Waals surface area contributed by atoms with Crippen molar-refractivity contribution in [2.75, 3.05) is 0 Å². The molecule has 13 heavy (non-hydrogen) atoms. The van der Waals surface area contributed by atoms with Crippen LogP contribution >= 0.6 is 0 Å². The molecule has 0 heterocycles. The molecule has 1 aliphatic carbocycles. The van der Waals surface area contributed by atoms with Gasteiger partial charge in [0.15, 0.2) is 0 Å². The van der Waals surface area contributed by atoms with Crippen LogP contribution in [0.25, 0.3) is 0 Å². The van der Waals surface area contributed by atoms with Gasteiger partial charge < -0.3 is 5.11 Å². The Labute approximate surface area is 81.2 Å². The zero-order valence-corrected chi connectivity index (χ0v) is 8.93. The minimum Gasteiger partial charge on any atom is -0.390 e. The van der Waals surface area contributed by atoms with Crippen molar-refractivity contribution in [2.24, 2.45) is 5.92 Å². The summed E-state index contributed by atoms with van der Waals surface area (Å²) in [5.74, 6) is 0.393. The molecule has 1 atom stereocenters. The van der Waals surface area contributed by atoms with Crippen molar-refractivity contribution in [1.29, 1.82) is 0 Å². The van der Waals surface area contributed by atoms with E-state index >= 15 is 0 Å². The molecule has 1 aliphatic rings. The normalized spacial score (nSPS) is 24.0. The predicted octanol–water partition coefficient (Wildman–Crippen LogP) is 3.06. The Balaban J connectivity index is 2.68. The Morgan fingerprint density at radius 2 is 2.23 bits per heavy atom. The molecule has 0 amide bonds. The van der Waals surface area contributed by atoms with Crippen molar-refractivity contribution in [3.63, 3.8) is 0 Å². The number of aliphatic hydroxyl groups is 1. The summed E-state index contributed by atoms with van der Waals surface area (Å²) in [6, 6.07) is 0. The molecule has 1 unspecified atom stereocenters. The van der Waals surface area contributed by atoms with Crippen molar-refractivity contribution < 1.29 is 5.11 Å². The van der Waals surface area contributed by atoms with Crippen molar-refractivity contribution in [2.45, 2.75) is 45.6 Å². The second-order valence-corrected chi connectivity index (χ2v) is 4.64. The Bertz CT molecular complexity index is 230. The first-order valence-corrected chi connectivity index (χ1v) is 4.98. The molecule has 1 heteroatoms. The van der Waals surface area contributed by atoms with Crippen LogP contribution < -0.4 is 0 Å². The van der Waals surface area contributed by atoms with E-state index in [1.54, 1.807) is 0 Å². The summed E-state index contributed by atoms with van der Waals surface area (Å²) in [6.45, 7) is 9.79. The van der Waals surface area contributed by atoms with E-state index in [1.165, 1.54) is 5.57 Å². The molecule has 0 aromatic rings. The Morgan fingerprint density at radius 3 is 2.69 bits per heavy atom. The monoisotopic (exact) mass is 180 g/mol. The SMILES string of the molecule is C=C(C)C1=CCCC(C(C)(C)O)C1. The summed E-state index contributed by atoms with van der Waals surface area (Å²) in [5.41, 5.74) is 1.93. The quantitative estimate of drug-likeness (QED) is 0.692. The van der Waals surface area contributed by atoms with Gasteiger partial charge in [-0.25, -0.2) is 0 Å². The van der Waals surface area contributed by atoms with Crippen molar-refractivity contribution in [3.8, 4) is 0 Å². The van der Waals surface area contributed by atoms with Crippen molar-refractivity contribution in [1.82, 2.24) is 0 Å². The van der Waals surface area contributed by atoms with Crippen molar-refractivity contribution >= 4 is 0 Å². The van der Waals surface area contributed by atoms with E-state index in [2.05, 4.69) is 12.7 Å². The highest BCUT2D eigenvalue weighted by atomic mass is 16.3. The lowest BCUT2D eigenvalue weighted by molar-refractivity contribution is 0.0120. The lowest BCUT2D eigenvalue weighted by Gasteiger charge is -2.32. The highest BCUT2D eigenvalue weighted by molar-refractivity contribution is 5.28. The highest BCUT2D eigenvalue weighted by Gasteiger charge is 2.28. The minimum absolute atomic E-state index is 0.393. The van der Waals surface area contributed by atoms with Gasteiger partial charge in [0, 0.05) is 0 Å². The molecule has 0 spiro atoms. The molecule has 0 aliphatic heterocycles. The zero-order chi connectivity index (χ0) is 10.1. The van der Waals surface area contributed by atoms with E-state index in [9.17, 15) is 5.11 Å². The van der Waals surface area contributed by atoms with Crippen LogP contribution in [0.1, 0.15) is 40.0 Å². The molecule has 0 bridgehead atoms. The van der Waals surface area contributed by atoms with E-state index in [0.29, 0.717) is 5.92 Å². The number of hydrogen-bond donors (Lipinski definition) is 1. The molecule has 0 aromatic heterocycles. The fourth-order valence-electron chi connectivity index (χ4n) is 1.86. The van der Waals surface area contributed by atoms with Crippen LogP contribution in [0.5, 0.6) is 0 Å². The van der Waals surface area contributed by atoms with E-state index in [0.717, 1.165) is 24.8 Å². The molecular weight excluding hydrogens is 160 g/mol. The van der Waals surface area contributed by atoms with Gasteiger partial charge in [-0.3, -0.25) is 0 Å². The van der Waals surface area contributed by atoms with Crippen LogP contribution in [-0.2, 0) is 0 Å². The fourth-order valence-corrected chi connectivity index (χ4v) is 1.86. The van der Waals surface area contributed by atoms with Gasteiger partial charge in [-0.05, 0) is 51.5 Å². The van der Waals surface area contributed by atoms with Crippen LogP contribution in [0.3, 0.4) is 0 Å². The number of hydrogen-bond acceptors (Lipinski definition) is 1. The lowest BCUT2D eigenvalue weighted by atomic mass is 9.77. The molecule has 0 saturated carbocycles. The third-order valence-electron chi connectivity index (χ3n) is 2.92. The largest absolute Gasteiger partial charge is 0.390 e. The first kappa shape index (κ1) is 10.5. The van der Waals surface area contributed by atoms with E-state index in [4.69, 9.17) is 0 Å². The molecule has 0 saturated heterocycles. The lowest BCUT2D eigenvalue weighted by Crippen LogP contribution is -2.32. The van der Waals surface area contributed by atoms with Crippen LogP contribution in [-0.4, -0.2) is 10.7 Å². The molecular formula is C12H20O. The molecule has 1 rings (SSSR count). The number of rotatable bonds is 2. The Hall–Kier alpha value is -0.560. The van der Waals surface area contributed by atoms with E-state index in [-0.39, 0.29) is 0 Å². The van der Waals surface area contributed by atoms with Gasteiger partial charge in [0.05, 0.1) is 5.60 Å². The van der Waals surface area contributed by atoms with Crippen LogP contribution in [0.2, 0.25) is 0 Å². The fraction of sp³-hybridized carbons (Fsp3) is 0.667. The van der Waals surface area contributed by atoms with Gasteiger partial charge in [0.2, 0.25) is 0 Å². The summed E-state index contributed by atoms with van der Waals surface area (Å²) in [5, 5.41) is 9.89. The van der Waals surface area contributed by atoms with Gasteiger partial charge in [0.1, 0.15) is 0 Å². The predicted molar refractivity (Wildman–Crippen MR) is 56.5 cm³/mol. The summed E-state index contributed by atoms with van der Waals surface area (Å²) in [7, 11) is 0. The molecule has 0 fully saturated rings. The summed E-state index contributed by atoms with van der Waals surface area (Å²) in [6.07, 6.45) is 5.42. The second-order valence-electron chi connectivity index (χ2n) is 4.64. The molecule has 0 aromatic carbocycles. The molecule has 1 N–H and O–H groups in total. The smallest absolute Gasteiger partial charge is 0.0623 e. The first-order chi connectivity index (χ1) is 5.91. The Morgan fingerprint density at radius 1 is 1.62 bits per heavy atom. The minimum atomic E-state index is -0.547. The van der Waals surface area contributed by atoms with Gasteiger partial charge >= 0.3 is 0 Å². The summed E-state index contributed by atoms with van der Waals surface area (Å²) < 4.78 is 0. The standard InChI is InChI=1S/C12H20O/c1-9(2)10-6-5-7-11(8-10)12(3,4)13/h6,11,13H,1,5,7-8H2,2-4H3. The second kappa shape index (κ2) is 3.67. The van der Waals surface area contributed by atoms with Gasteiger partial charge in [-0.2, -0.15) is 0 Å². The van der Waals surface area contributed by atoms with Crippen LogP contribution in [0, 0.1) is 5.92 Å². The Kier molecular flexibility index (Phi) is 2.97. The average molecular weight is 180 g/mol. The zero-order valence-electron chi connectivity index (χ0n) is 8.93. The molecule has 1 nitrogen and oxygen atoms in total. The third kappa shape index (κ3) is 2.70. The van der Waals surface area contributed by atoms with Gasteiger partial charge in [0.25, 0.3) is 0 Å². The maximum absolute atomic E-state index is 9.89. The van der Waals surface area contributed by atoms with Gasteiger partial charge in [-0.15, -0.1) is 0 Å². The summed E-state index contributed by atoms with van der Waals surface area (Å²) >= 11 is 0. The van der Waals surface area contributed by atoms with E-state index < -0.39 is 5.60 Å². The highest BCUT2D eigenvalue weighted by Crippen LogP contribution is 2.34. The maximum Gasteiger partial charge on any atom is 0.0623 e. The number of allylic oxidation sites excluding steroid dienone is 3. The van der Waals surface area contributed by atoms with Crippen LogP contribution in [0.4, 0.5) is 0 Å².